The Labute approximate surface area is 156 Å². The van der Waals surface area contributed by atoms with E-state index in [1.54, 1.807) is 12.3 Å². The van der Waals surface area contributed by atoms with Crippen molar-refractivity contribution in [3.63, 3.8) is 0 Å². The van der Waals surface area contributed by atoms with Gasteiger partial charge in [0, 0.05) is 0 Å². The standard InChI is InChI=1S/C21H21F3N2O/c1-14(2)17-12-25-26(19-10-5-4-9-18(19)21(22,23)24)20(17)13-27-16-8-6-7-15(3)11-16/h4-12,14H,13H2,1-3H3. The normalized spacial score (nSPS) is 11.8. The largest absolute Gasteiger partial charge is 0.487 e. The van der Waals surface area contributed by atoms with Crippen molar-refractivity contribution < 1.29 is 17.9 Å². The van der Waals surface area contributed by atoms with Crippen LogP contribution in [0.25, 0.3) is 5.69 Å². The first kappa shape index (κ1) is 19.0. The number of rotatable bonds is 5. The molecule has 0 aliphatic carbocycles. The third kappa shape index (κ3) is 4.15. The van der Waals surface area contributed by atoms with E-state index in [0.29, 0.717) is 11.4 Å². The monoisotopic (exact) mass is 374 g/mol. The van der Waals surface area contributed by atoms with E-state index in [0.717, 1.165) is 17.2 Å². The van der Waals surface area contributed by atoms with Crippen LogP contribution in [0.3, 0.4) is 0 Å². The summed E-state index contributed by atoms with van der Waals surface area (Å²) in [7, 11) is 0. The Balaban J connectivity index is 2.03. The van der Waals surface area contributed by atoms with Crippen molar-refractivity contribution in [2.24, 2.45) is 0 Å². The predicted molar refractivity (Wildman–Crippen MR) is 98.2 cm³/mol. The molecular formula is C21H21F3N2O. The molecule has 0 amide bonds. The van der Waals surface area contributed by atoms with Crippen LogP contribution in [0.2, 0.25) is 0 Å². The first-order chi connectivity index (χ1) is 12.8. The Hall–Kier alpha value is -2.76. The second kappa shape index (κ2) is 7.47. The molecule has 1 heterocycles. The van der Waals surface area contributed by atoms with Crippen molar-refractivity contribution in [3.05, 3.63) is 77.1 Å². The first-order valence-corrected chi connectivity index (χ1v) is 8.70. The van der Waals surface area contributed by atoms with Crippen LogP contribution < -0.4 is 4.74 Å². The van der Waals surface area contributed by atoms with Gasteiger partial charge >= 0.3 is 6.18 Å². The lowest BCUT2D eigenvalue weighted by atomic mass is 10.0. The summed E-state index contributed by atoms with van der Waals surface area (Å²) in [6, 6.07) is 13.0. The Bertz CT molecular complexity index is 929. The van der Waals surface area contributed by atoms with Gasteiger partial charge in [-0.05, 0) is 48.2 Å². The second-order valence-corrected chi connectivity index (χ2v) is 6.73. The molecule has 0 saturated heterocycles. The summed E-state index contributed by atoms with van der Waals surface area (Å²) < 4.78 is 47.6. The number of halogens is 3. The molecule has 0 aliphatic rings. The Kier molecular flexibility index (Phi) is 5.26. The summed E-state index contributed by atoms with van der Waals surface area (Å²) in [6.07, 6.45) is -2.85. The third-order valence-electron chi connectivity index (χ3n) is 4.33. The Morgan fingerprint density at radius 2 is 1.81 bits per heavy atom. The molecule has 0 N–H and O–H groups in total. The summed E-state index contributed by atoms with van der Waals surface area (Å²) in [5.41, 5.74) is 1.80. The lowest BCUT2D eigenvalue weighted by Gasteiger charge is -2.17. The topological polar surface area (TPSA) is 27.1 Å². The SMILES string of the molecule is Cc1cccc(OCc2c(C(C)C)cnn2-c2ccccc2C(F)(F)F)c1. The fourth-order valence-electron chi connectivity index (χ4n) is 2.98. The number of nitrogens with zero attached hydrogens (tertiary/aromatic N) is 2. The molecule has 0 saturated carbocycles. The molecule has 0 unspecified atom stereocenters. The smallest absolute Gasteiger partial charge is 0.418 e. The Morgan fingerprint density at radius 3 is 2.48 bits per heavy atom. The minimum Gasteiger partial charge on any atom is -0.487 e. The number of hydrogen-bond donors (Lipinski definition) is 0. The van der Waals surface area contributed by atoms with Crippen molar-refractivity contribution in [1.82, 2.24) is 9.78 Å². The van der Waals surface area contributed by atoms with Gasteiger partial charge in [0.2, 0.25) is 0 Å². The van der Waals surface area contributed by atoms with Gasteiger partial charge in [-0.3, -0.25) is 0 Å². The maximum atomic E-state index is 13.5. The molecule has 1 aromatic heterocycles. The predicted octanol–water partition coefficient (Wildman–Crippen LogP) is 5.90. The van der Waals surface area contributed by atoms with Gasteiger partial charge in [-0.25, -0.2) is 4.68 Å². The van der Waals surface area contributed by atoms with Gasteiger partial charge < -0.3 is 4.74 Å². The van der Waals surface area contributed by atoms with Crippen molar-refractivity contribution in [1.29, 1.82) is 0 Å². The van der Waals surface area contributed by atoms with E-state index in [4.69, 9.17) is 4.74 Å². The molecule has 142 valence electrons. The molecule has 0 atom stereocenters. The molecule has 3 rings (SSSR count). The van der Waals surface area contributed by atoms with E-state index in [1.165, 1.54) is 16.8 Å². The molecule has 3 aromatic rings. The fourth-order valence-corrected chi connectivity index (χ4v) is 2.98. The summed E-state index contributed by atoms with van der Waals surface area (Å²) in [4.78, 5) is 0. The number of para-hydroxylation sites is 1. The number of aryl methyl sites for hydroxylation is 1. The van der Waals surface area contributed by atoms with E-state index in [9.17, 15) is 13.2 Å². The van der Waals surface area contributed by atoms with Gasteiger partial charge in [0.25, 0.3) is 0 Å². The van der Waals surface area contributed by atoms with Crippen LogP contribution >= 0.6 is 0 Å². The highest BCUT2D eigenvalue weighted by atomic mass is 19.4. The number of hydrogen-bond acceptors (Lipinski definition) is 2. The van der Waals surface area contributed by atoms with Crippen molar-refractivity contribution in [3.8, 4) is 11.4 Å². The average molecular weight is 374 g/mol. The van der Waals surface area contributed by atoms with Crippen LogP contribution in [0.5, 0.6) is 5.75 Å². The summed E-state index contributed by atoms with van der Waals surface area (Å²) >= 11 is 0. The van der Waals surface area contributed by atoms with Crippen LogP contribution in [0.1, 0.15) is 42.1 Å². The maximum absolute atomic E-state index is 13.5. The second-order valence-electron chi connectivity index (χ2n) is 6.73. The van der Waals surface area contributed by atoms with Gasteiger partial charge in [0.1, 0.15) is 12.4 Å². The highest BCUT2D eigenvalue weighted by Gasteiger charge is 2.34. The van der Waals surface area contributed by atoms with E-state index in [1.807, 2.05) is 45.0 Å². The molecule has 6 heteroatoms. The summed E-state index contributed by atoms with van der Waals surface area (Å²) in [6.45, 7) is 6.04. The number of alkyl halides is 3. The molecule has 0 radical (unpaired) electrons. The van der Waals surface area contributed by atoms with Crippen molar-refractivity contribution >= 4 is 0 Å². The minimum atomic E-state index is -4.46. The zero-order valence-electron chi connectivity index (χ0n) is 15.4. The fraction of sp³-hybridized carbons (Fsp3) is 0.286. The number of ether oxygens (including phenoxy) is 1. The number of aromatic nitrogens is 2. The molecule has 0 fully saturated rings. The summed E-state index contributed by atoms with van der Waals surface area (Å²) in [5.74, 6) is 0.773. The van der Waals surface area contributed by atoms with Gasteiger partial charge in [-0.1, -0.05) is 38.1 Å². The lowest BCUT2D eigenvalue weighted by molar-refractivity contribution is -0.137. The summed E-state index contributed by atoms with van der Waals surface area (Å²) in [5, 5.41) is 4.25. The van der Waals surface area contributed by atoms with E-state index in [-0.39, 0.29) is 18.2 Å². The minimum absolute atomic E-state index is 0.000239. The van der Waals surface area contributed by atoms with Crippen molar-refractivity contribution in [2.75, 3.05) is 0 Å². The highest BCUT2D eigenvalue weighted by molar-refractivity contribution is 5.45. The van der Waals surface area contributed by atoms with Crippen LogP contribution in [-0.2, 0) is 12.8 Å². The lowest BCUT2D eigenvalue weighted by Crippen LogP contribution is -2.14. The quantitative estimate of drug-likeness (QED) is 0.556. The van der Waals surface area contributed by atoms with Gasteiger partial charge in [-0.2, -0.15) is 18.3 Å². The van der Waals surface area contributed by atoms with E-state index in [2.05, 4.69) is 5.10 Å². The molecular weight excluding hydrogens is 353 g/mol. The van der Waals surface area contributed by atoms with Crippen LogP contribution in [0, 0.1) is 6.92 Å². The van der Waals surface area contributed by atoms with Crippen LogP contribution in [0.4, 0.5) is 13.2 Å². The Morgan fingerprint density at radius 1 is 1.07 bits per heavy atom. The average Bonchev–Trinajstić information content (AvgIpc) is 3.03. The molecule has 0 aliphatic heterocycles. The van der Waals surface area contributed by atoms with Gasteiger partial charge in [0.15, 0.2) is 0 Å². The van der Waals surface area contributed by atoms with Crippen LogP contribution in [0.15, 0.2) is 54.7 Å². The van der Waals surface area contributed by atoms with E-state index < -0.39 is 11.7 Å². The molecule has 0 spiro atoms. The van der Waals surface area contributed by atoms with Crippen molar-refractivity contribution in [2.45, 2.75) is 39.5 Å². The van der Waals surface area contributed by atoms with Gasteiger partial charge in [-0.15, -0.1) is 0 Å². The molecule has 0 bridgehead atoms. The highest BCUT2D eigenvalue weighted by Crippen LogP contribution is 2.35. The first-order valence-electron chi connectivity index (χ1n) is 8.70. The molecule has 27 heavy (non-hydrogen) atoms. The van der Waals surface area contributed by atoms with E-state index >= 15 is 0 Å². The van der Waals surface area contributed by atoms with Crippen LogP contribution in [-0.4, -0.2) is 9.78 Å². The maximum Gasteiger partial charge on any atom is 0.418 e. The molecule has 2 aromatic carbocycles. The zero-order chi connectivity index (χ0) is 19.6. The number of benzene rings is 2. The van der Waals surface area contributed by atoms with Gasteiger partial charge in [0.05, 0.1) is 23.1 Å². The zero-order valence-corrected chi connectivity index (χ0v) is 15.4. The molecule has 3 nitrogen and oxygen atoms in total. The third-order valence-corrected chi connectivity index (χ3v) is 4.33.